The number of hydrogen-bond acceptors (Lipinski definition) is 32. The average molecular weight is 1920 g/mol. The number of aryl methyl sites for hydroxylation is 1. The van der Waals surface area contributed by atoms with Gasteiger partial charge in [0.05, 0.1) is 148 Å². The molecule has 10 aromatic carbocycles. The summed E-state index contributed by atoms with van der Waals surface area (Å²) in [6.45, 7) is 2.01. The van der Waals surface area contributed by atoms with Crippen LogP contribution in [0.15, 0.2) is 269 Å². The number of carbonyl (C=O) groups excluding carboxylic acids is 1. The van der Waals surface area contributed by atoms with E-state index in [0.29, 0.717) is 130 Å². The van der Waals surface area contributed by atoms with Crippen LogP contribution in [0.25, 0.3) is 169 Å². The van der Waals surface area contributed by atoms with Crippen molar-refractivity contribution in [1.82, 2.24) is 99.7 Å². The van der Waals surface area contributed by atoms with Crippen LogP contribution in [-0.4, -0.2) is 184 Å². The third-order valence-corrected chi connectivity index (χ3v) is 25.4. The van der Waals surface area contributed by atoms with Gasteiger partial charge in [0.2, 0.25) is 0 Å². The van der Waals surface area contributed by atoms with Gasteiger partial charge in [-0.15, -0.1) is 0 Å². The van der Waals surface area contributed by atoms with Crippen molar-refractivity contribution in [2.45, 2.75) is 26.5 Å². The van der Waals surface area contributed by atoms with Crippen LogP contribution in [0.2, 0.25) is 5.02 Å². The second-order valence-electron chi connectivity index (χ2n) is 30.4. The second-order valence-corrected chi connectivity index (χ2v) is 38.9. The summed E-state index contributed by atoms with van der Waals surface area (Å²) in [4.78, 5) is 94.8. The van der Waals surface area contributed by atoms with E-state index in [1.165, 1.54) is 68.4 Å². The van der Waals surface area contributed by atoms with Gasteiger partial charge < -0.3 is 68.2 Å². The van der Waals surface area contributed by atoms with E-state index in [1.807, 2.05) is 79.7 Å². The number of halogens is 1. The van der Waals surface area contributed by atoms with Crippen molar-refractivity contribution in [3.63, 3.8) is 0 Å². The third-order valence-electron chi connectivity index (χ3n) is 20.7. The highest BCUT2D eigenvalue weighted by atomic mass is 35.5. The minimum absolute atomic E-state index is 0. The number of fused-ring (bicyclic) bond motifs is 5. The van der Waals surface area contributed by atoms with Crippen molar-refractivity contribution in [2.24, 2.45) is 0 Å². The maximum Gasteiger partial charge on any atom is 0.337 e. The van der Waals surface area contributed by atoms with Crippen LogP contribution in [0.1, 0.15) is 28.8 Å². The van der Waals surface area contributed by atoms with E-state index < -0.39 is 45.3 Å². The van der Waals surface area contributed by atoms with Crippen LogP contribution >= 0.6 is 11.6 Å². The molecule has 16 N–H and O–H groups in total. The Bertz CT molecular complexity index is 8320. The molecule has 0 spiro atoms. The zero-order valence-electron chi connectivity index (χ0n) is 72.2. The normalized spacial score (nSPS) is 11.6. The standard InChI is InChI=1S/C20H17N5O4S.C19H17N5O3S.C19H17N5O2S.C18H14ClN5O2S.C17H13N5O.9H2/c1-29-20(26)12-5-8-14-15(9-12)25-19(24-14)17-18(21)22-10-16(23-17)11-3-6-13(7-4-11)30(2,27)28;1-27-12-5-8-14-15(9-12)24-19(23-14)17-18(20)21-10-16(22-17)11-3-6-13(7-4-11)28(2,25)26;1-11-3-8-14-15(9-11)24-19(23-14)17-18(20)21-10-16(22-17)12-4-6-13(7-5-12)27(2,25)26;1-27(25,26)12-5-2-10(3-6-12)15-9-21-17(20)16(22-15)18-23-13-7-4-11(19)8-14(13)24-18;18-16-15(17-21-11-7-4-8-13(23)14(11)22-17)20-12(9-19-16)10-5-2-1-3-6-10;;;;;;;;;/h3-10H,1-2H3,(H2,21,22)(H,24,25);3-10H,1-2H3,(H2,20,21)(H,23,24);3-10H,1-2H3,(H2,20,21)(H,23,24);2-9H,1H3,(H2,20,21)(H,23,24);1-9,23H,(H2,18,19)(H,21,22);9*1H. The molecule has 10 heterocycles. The smallest absolute Gasteiger partial charge is 0.337 e. The number of aromatic hydroxyl groups is 1. The van der Waals surface area contributed by atoms with Crippen LogP contribution in [0.4, 0.5) is 29.1 Å². The van der Waals surface area contributed by atoms with E-state index in [0.717, 1.165) is 73.4 Å². The Morgan fingerprint density at radius 2 is 0.652 bits per heavy atom. The van der Waals surface area contributed by atoms with E-state index in [9.17, 15) is 43.6 Å². The molecule has 0 aliphatic heterocycles. The van der Waals surface area contributed by atoms with Crippen molar-refractivity contribution in [3.05, 3.63) is 266 Å². The Hall–Kier alpha value is -16.9. The van der Waals surface area contributed by atoms with Gasteiger partial charge in [-0.3, -0.25) is 0 Å². The van der Waals surface area contributed by atoms with Gasteiger partial charge in [-0.25, -0.2) is 113 Å². The average Bonchev–Trinajstić information content (AvgIpc) is 1.57. The Kier molecular flexibility index (Phi) is 25.4. The number of phenolic OH excluding ortho intramolecular Hbond substituents is 1. The van der Waals surface area contributed by atoms with Gasteiger partial charge in [-0.2, -0.15) is 0 Å². The number of phenols is 1. The molecule has 0 saturated carbocycles. The highest BCUT2D eigenvalue weighted by Crippen LogP contribution is 2.36. The number of hydrogen-bond donors (Lipinski definition) is 11. The number of benzene rings is 10. The number of esters is 1. The topological polar surface area (TPSA) is 595 Å². The van der Waals surface area contributed by atoms with E-state index in [-0.39, 0.29) is 67.3 Å². The first kappa shape index (κ1) is 91.4. The number of sulfone groups is 4. The van der Waals surface area contributed by atoms with Crippen molar-refractivity contribution >= 4 is 141 Å². The number of para-hydroxylation sites is 1. The van der Waals surface area contributed by atoms with Gasteiger partial charge >= 0.3 is 5.97 Å². The molecule has 0 radical (unpaired) electrons. The summed E-state index contributed by atoms with van der Waals surface area (Å²) in [5.74, 6) is 3.94. The predicted octanol–water partition coefficient (Wildman–Crippen LogP) is 16.6. The summed E-state index contributed by atoms with van der Waals surface area (Å²) < 4.78 is 103. The van der Waals surface area contributed by atoms with Gasteiger partial charge in [-0.05, 0) is 134 Å². The maximum absolute atomic E-state index is 11.7. The number of nitrogens with two attached hydrogens (primary N) is 5. The highest BCUT2D eigenvalue weighted by molar-refractivity contribution is 7.91. The molecule has 0 fully saturated rings. The number of anilines is 5. The monoisotopic (exact) mass is 1920 g/mol. The van der Waals surface area contributed by atoms with Crippen molar-refractivity contribution in [3.8, 4) is 125 Å². The number of nitrogen functional groups attached to an aromatic ring is 5. The van der Waals surface area contributed by atoms with Crippen molar-refractivity contribution < 1.29 is 65.9 Å². The minimum atomic E-state index is -3.29. The molecule has 0 atom stereocenters. The van der Waals surface area contributed by atoms with E-state index in [2.05, 4.69) is 99.7 Å². The molecule has 0 aliphatic rings. The van der Waals surface area contributed by atoms with Gasteiger partial charge in [-0.1, -0.05) is 103 Å². The second kappa shape index (κ2) is 37.5. The summed E-state index contributed by atoms with van der Waals surface area (Å²) in [5, 5.41) is 10.5. The minimum Gasteiger partial charge on any atom is -0.506 e. The molecular weight excluding hydrogens is 1820 g/mol. The fraction of sp³-hybridized carbons (Fsp3) is 0.0753. The van der Waals surface area contributed by atoms with Crippen LogP contribution in [-0.2, 0) is 44.1 Å². The van der Waals surface area contributed by atoms with Gasteiger partial charge in [0.15, 0.2) is 97.6 Å². The molecule has 135 heavy (non-hydrogen) atoms. The van der Waals surface area contributed by atoms with E-state index in [1.54, 1.807) is 135 Å². The number of nitrogens with zero attached hydrogens (tertiary/aromatic N) is 15. The number of H-pyrrole nitrogens is 5. The van der Waals surface area contributed by atoms with E-state index in [4.69, 9.17) is 49.7 Å². The van der Waals surface area contributed by atoms with Crippen molar-refractivity contribution in [1.29, 1.82) is 0 Å². The largest absolute Gasteiger partial charge is 0.506 e. The maximum atomic E-state index is 11.7. The molecule has 20 rings (SSSR count). The fourth-order valence-electron chi connectivity index (χ4n) is 13.7. The lowest BCUT2D eigenvalue weighted by Gasteiger charge is -2.06. The zero-order chi connectivity index (χ0) is 95.5. The molecule has 10 aromatic heterocycles. The molecule has 0 bridgehead atoms. The Balaban J connectivity index is 0.000000241. The number of aromatic amines is 5. The molecule has 0 unspecified atom stereocenters. The van der Waals surface area contributed by atoms with Gasteiger partial charge in [0.1, 0.15) is 45.5 Å². The summed E-state index contributed by atoms with van der Waals surface area (Å²) in [6, 6.07) is 62.3. The molecule has 0 saturated heterocycles. The molecule has 0 amide bonds. The van der Waals surface area contributed by atoms with Crippen molar-refractivity contribution in [2.75, 3.05) is 67.9 Å². The Labute approximate surface area is 787 Å². The predicted molar refractivity (Wildman–Crippen MR) is 536 cm³/mol. The van der Waals surface area contributed by atoms with E-state index >= 15 is 0 Å². The summed E-state index contributed by atoms with van der Waals surface area (Å²) in [5.41, 5.74) is 47.5. The fourth-order valence-corrected chi connectivity index (χ4v) is 16.4. The lowest BCUT2D eigenvalue weighted by atomic mass is 10.1. The summed E-state index contributed by atoms with van der Waals surface area (Å²) in [6.07, 6.45) is 12.4. The van der Waals surface area contributed by atoms with Gasteiger partial charge in [0, 0.05) is 76.8 Å². The third kappa shape index (κ3) is 20.7. The molecular formula is C93H96ClN25O12S4. The number of imidazole rings is 5. The van der Waals surface area contributed by atoms with Crippen LogP contribution in [0.5, 0.6) is 11.5 Å². The number of ether oxygens (including phenoxy) is 2. The molecule has 20 aromatic rings. The van der Waals surface area contributed by atoms with Crippen LogP contribution < -0.4 is 33.4 Å². The molecule has 0 aliphatic carbocycles. The number of carbonyl (C=O) groups is 1. The lowest BCUT2D eigenvalue weighted by Crippen LogP contribution is -2.00. The van der Waals surface area contributed by atoms with Gasteiger partial charge in [0.25, 0.3) is 0 Å². The quantitative estimate of drug-likeness (QED) is 0.0400. The number of methoxy groups -OCH3 is 2. The van der Waals surface area contributed by atoms with Crippen LogP contribution in [0, 0.1) is 6.92 Å². The lowest BCUT2D eigenvalue weighted by molar-refractivity contribution is 0.0600. The number of aromatic nitrogens is 20. The first-order chi connectivity index (χ1) is 64.4. The summed E-state index contributed by atoms with van der Waals surface area (Å²) >= 11 is 6.01. The first-order valence-corrected chi connectivity index (χ1v) is 48.2. The molecule has 42 heteroatoms. The SMILES string of the molecule is COC(=O)c1ccc2nc(-c3nc(-c4ccc(S(C)(=O)=O)cc4)cnc3N)[nH]c2c1.COc1ccc2nc(-c3nc(-c4ccc(S(C)(=O)=O)cc4)cnc3N)[nH]c2c1.CS(=O)(=O)c1ccc(-c2cnc(N)c(-c3nc4ccc(Cl)cc4[nH]3)n2)cc1.Cc1ccc2nc(-c3nc(-c4ccc(S(C)(=O)=O)cc4)cnc3N)[nH]c2c1.Nc1ncc(-c2ccccc2)nc1-c1nc2c(O)cccc2[nH]1.[HH].[HH].[HH].[HH].[HH].[HH].[HH].[HH].[HH]. The zero-order valence-corrected chi connectivity index (χ0v) is 76.2. The van der Waals surface area contributed by atoms with Crippen LogP contribution in [0.3, 0.4) is 0 Å². The number of nitrogens with one attached hydrogen (secondary N) is 5. The Morgan fingerprint density at radius 3 is 1.00 bits per heavy atom. The Morgan fingerprint density at radius 1 is 0.341 bits per heavy atom. The highest BCUT2D eigenvalue weighted by Gasteiger charge is 2.23. The molecule has 696 valence electrons. The number of rotatable bonds is 16. The molecule has 37 nitrogen and oxygen atoms in total. The first-order valence-electron chi connectivity index (χ1n) is 40.3. The summed E-state index contributed by atoms with van der Waals surface area (Å²) in [7, 11) is -10.1.